The highest BCUT2D eigenvalue weighted by Gasteiger charge is 2.36. The van der Waals surface area contributed by atoms with Crippen molar-refractivity contribution in [2.45, 2.75) is 5.38 Å². The molecule has 0 saturated heterocycles. The first-order valence-electron chi connectivity index (χ1n) is 2.88. The summed E-state index contributed by atoms with van der Waals surface area (Å²) in [5.74, 6) is -1.50. The number of carbonyl (C=O) groups excluding carboxylic acids is 1. The molecule has 0 radical (unpaired) electrons. The van der Waals surface area contributed by atoms with Crippen molar-refractivity contribution in [2.75, 3.05) is 0 Å². The average Bonchev–Trinajstić information content (AvgIpc) is 2.03. The van der Waals surface area contributed by atoms with Crippen molar-refractivity contribution >= 4 is 17.4 Å². The Morgan fingerprint density at radius 2 is 1.92 bits per heavy atom. The quantitative estimate of drug-likeness (QED) is 0.527. The summed E-state index contributed by atoms with van der Waals surface area (Å²) in [6.45, 7) is 0. The van der Waals surface area contributed by atoms with E-state index in [0.717, 1.165) is 18.7 Å². The van der Waals surface area contributed by atoms with Crippen molar-refractivity contribution in [3.8, 4) is 0 Å². The van der Waals surface area contributed by atoms with E-state index < -0.39 is 11.2 Å². The van der Waals surface area contributed by atoms with Gasteiger partial charge in [0.1, 0.15) is 6.33 Å². The Morgan fingerprint density at radius 3 is 2.33 bits per heavy atom. The van der Waals surface area contributed by atoms with E-state index in [1.165, 1.54) is 0 Å². The highest BCUT2D eigenvalue weighted by molar-refractivity contribution is 6.35. The zero-order valence-corrected chi connectivity index (χ0v) is 6.42. The van der Waals surface area contributed by atoms with Crippen LogP contribution in [0.4, 0.5) is 8.78 Å². The molecule has 0 N–H and O–H groups in total. The Morgan fingerprint density at radius 1 is 1.42 bits per heavy atom. The minimum absolute atomic E-state index is 0.308. The number of Topliss-reactive ketones (excluding diaryl/α,β-unsaturated/α-hetero) is 1. The summed E-state index contributed by atoms with van der Waals surface area (Å²) < 4.78 is 24.3. The van der Waals surface area contributed by atoms with Crippen LogP contribution in [0.15, 0.2) is 18.7 Å². The van der Waals surface area contributed by atoms with Gasteiger partial charge in [0.15, 0.2) is 0 Å². The molecule has 3 nitrogen and oxygen atoms in total. The van der Waals surface area contributed by atoms with Gasteiger partial charge in [-0.2, -0.15) is 8.78 Å². The van der Waals surface area contributed by atoms with Crippen LogP contribution < -0.4 is 0 Å². The number of hydrogen-bond donors (Lipinski definition) is 0. The third-order valence-electron chi connectivity index (χ3n) is 1.08. The predicted molar refractivity (Wildman–Crippen MR) is 37.2 cm³/mol. The summed E-state index contributed by atoms with van der Waals surface area (Å²) in [4.78, 5) is 17.5. The van der Waals surface area contributed by atoms with Crippen LogP contribution in [0.2, 0.25) is 0 Å². The largest absolute Gasteiger partial charge is 0.385 e. The van der Waals surface area contributed by atoms with Crippen LogP contribution in [0.25, 0.3) is 0 Å². The zero-order chi connectivity index (χ0) is 9.19. The molecule has 0 atom stereocenters. The Labute approximate surface area is 71.4 Å². The molecule has 0 aliphatic heterocycles. The molecule has 0 unspecified atom stereocenters. The lowest BCUT2D eigenvalue weighted by Gasteiger charge is -2.04. The highest BCUT2D eigenvalue weighted by atomic mass is 35.5. The molecular formula is C6H3ClF2N2O. The first-order chi connectivity index (χ1) is 5.52. The monoisotopic (exact) mass is 192 g/mol. The van der Waals surface area contributed by atoms with Crippen LogP contribution in [-0.2, 0) is 0 Å². The standard InChI is InChI=1S/C6H3ClF2N2O/c7-6(8,9)5(12)4-1-10-3-11-2-4/h1-3H. The molecule has 0 amide bonds. The van der Waals surface area contributed by atoms with Gasteiger partial charge in [-0.15, -0.1) is 0 Å². The molecule has 0 spiro atoms. The molecule has 1 aromatic rings. The molecule has 0 saturated carbocycles. The molecule has 12 heavy (non-hydrogen) atoms. The fourth-order valence-electron chi connectivity index (χ4n) is 0.580. The minimum atomic E-state index is -3.88. The van der Waals surface area contributed by atoms with Crippen LogP contribution in [-0.4, -0.2) is 21.1 Å². The Kier molecular flexibility index (Phi) is 2.32. The normalized spacial score (nSPS) is 11.2. The van der Waals surface area contributed by atoms with Crippen LogP contribution in [0.1, 0.15) is 10.4 Å². The SMILES string of the molecule is O=C(c1cncnc1)C(F)(F)Cl. The van der Waals surface area contributed by atoms with Crippen LogP contribution in [0.3, 0.4) is 0 Å². The number of ketones is 1. The number of halogens is 3. The maximum absolute atomic E-state index is 12.2. The third-order valence-corrected chi connectivity index (χ3v) is 1.25. The Bertz CT molecular complexity index is 285. The third kappa shape index (κ3) is 1.94. The summed E-state index contributed by atoms with van der Waals surface area (Å²) in [5, 5.41) is -3.88. The maximum Gasteiger partial charge on any atom is 0.385 e. The van der Waals surface area contributed by atoms with Crippen LogP contribution >= 0.6 is 11.6 Å². The number of rotatable bonds is 2. The molecule has 0 fully saturated rings. The molecule has 1 aromatic heterocycles. The van der Waals surface area contributed by atoms with E-state index in [-0.39, 0.29) is 5.56 Å². The van der Waals surface area contributed by atoms with Crippen LogP contribution in [0.5, 0.6) is 0 Å². The van der Waals surface area contributed by atoms with Crippen molar-refractivity contribution in [3.05, 3.63) is 24.3 Å². The van der Waals surface area contributed by atoms with Gasteiger partial charge in [0.2, 0.25) is 0 Å². The second-order valence-corrected chi connectivity index (χ2v) is 2.43. The lowest BCUT2D eigenvalue weighted by molar-refractivity contribution is 0.0535. The van der Waals surface area contributed by atoms with E-state index >= 15 is 0 Å². The van der Waals surface area contributed by atoms with Gasteiger partial charge in [0.05, 0.1) is 5.56 Å². The van der Waals surface area contributed by atoms with E-state index in [1.54, 1.807) is 0 Å². The van der Waals surface area contributed by atoms with Gasteiger partial charge in [-0.05, 0) is 11.6 Å². The number of alkyl halides is 3. The van der Waals surface area contributed by atoms with Crippen molar-refractivity contribution in [3.63, 3.8) is 0 Å². The van der Waals surface area contributed by atoms with Crippen molar-refractivity contribution in [2.24, 2.45) is 0 Å². The highest BCUT2D eigenvalue weighted by Crippen LogP contribution is 2.23. The molecule has 0 aliphatic rings. The fraction of sp³-hybridized carbons (Fsp3) is 0.167. The summed E-state index contributed by atoms with van der Waals surface area (Å²) in [6.07, 6.45) is 3.08. The van der Waals surface area contributed by atoms with Gasteiger partial charge in [0.25, 0.3) is 5.78 Å². The zero-order valence-electron chi connectivity index (χ0n) is 5.67. The van der Waals surface area contributed by atoms with E-state index in [9.17, 15) is 13.6 Å². The maximum atomic E-state index is 12.2. The number of hydrogen-bond acceptors (Lipinski definition) is 3. The van der Waals surface area contributed by atoms with Crippen molar-refractivity contribution in [1.82, 2.24) is 9.97 Å². The summed E-state index contributed by atoms with van der Waals surface area (Å²) in [5.41, 5.74) is -0.308. The molecule has 6 heteroatoms. The van der Waals surface area contributed by atoms with Crippen LogP contribution in [0, 0.1) is 0 Å². The van der Waals surface area contributed by atoms with E-state index in [4.69, 9.17) is 0 Å². The minimum Gasteiger partial charge on any atom is -0.286 e. The first kappa shape index (κ1) is 8.99. The second-order valence-electron chi connectivity index (χ2n) is 1.95. The molecule has 0 aromatic carbocycles. The van der Waals surface area contributed by atoms with Crippen molar-refractivity contribution in [1.29, 1.82) is 0 Å². The lowest BCUT2D eigenvalue weighted by atomic mass is 10.2. The molecule has 64 valence electrons. The molecule has 1 heterocycles. The molecular weight excluding hydrogens is 190 g/mol. The predicted octanol–water partition coefficient (Wildman–Crippen LogP) is 1.49. The van der Waals surface area contributed by atoms with Gasteiger partial charge in [-0.3, -0.25) is 4.79 Å². The average molecular weight is 193 g/mol. The number of nitrogens with zero attached hydrogens (tertiary/aromatic N) is 2. The molecule has 0 aliphatic carbocycles. The van der Waals surface area contributed by atoms with Gasteiger partial charge in [0, 0.05) is 12.4 Å². The topological polar surface area (TPSA) is 42.9 Å². The Hall–Kier alpha value is -1.10. The van der Waals surface area contributed by atoms with Gasteiger partial charge in [-0.1, -0.05) is 0 Å². The summed E-state index contributed by atoms with van der Waals surface area (Å²) in [7, 11) is 0. The summed E-state index contributed by atoms with van der Waals surface area (Å²) in [6, 6.07) is 0. The van der Waals surface area contributed by atoms with Gasteiger partial charge >= 0.3 is 5.38 Å². The molecule has 1 rings (SSSR count). The number of carbonyl (C=O) groups is 1. The van der Waals surface area contributed by atoms with Crippen molar-refractivity contribution < 1.29 is 13.6 Å². The summed E-state index contributed by atoms with van der Waals surface area (Å²) >= 11 is 4.48. The molecule has 0 bridgehead atoms. The fourth-order valence-corrected chi connectivity index (χ4v) is 0.689. The smallest absolute Gasteiger partial charge is 0.286 e. The second kappa shape index (κ2) is 3.10. The van der Waals surface area contributed by atoms with E-state index in [1.807, 2.05) is 0 Å². The van der Waals surface area contributed by atoms with Gasteiger partial charge < -0.3 is 0 Å². The first-order valence-corrected chi connectivity index (χ1v) is 3.26. The number of aromatic nitrogens is 2. The Balaban J connectivity index is 2.94. The van der Waals surface area contributed by atoms with E-state index in [0.29, 0.717) is 0 Å². The van der Waals surface area contributed by atoms with Gasteiger partial charge in [-0.25, -0.2) is 9.97 Å². The lowest BCUT2D eigenvalue weighted by Crippen LogP contribution is -2.21. The van der Waals surface area contributed by atoms with E-state index in [2.05, 4.69) is 21.6 Å².